The number of methoxy groups -OCH3 is 1. The zero-order chi connectivity index (χ0) is 12.9. The van der Waals surface area contributed by atoms with Crippen LogP contribution in [0.25, 0.3) is 0 Å². The first-order chi connectivity index (χ1) is 8.04. The molecule has 6 heteroatoms. The van der Waals surface area contributed by atoms with E-state index in [-0.39, 0.29) is 0 Å². The quantitative estimate of drug-likeness (QED) is 0.652. The summed E-state index contributed by atoms with van der Waals surface area (Å²) in [4.78, 5) is 11.8. The first kappa shape index (κ1) is 13.7. The molecule has 0 amide bonds. The maximum atomic E-state index is 11.8. The van der Waals surface area contributed by atoms with Crippen LogP contribution in [0.5, 0.6) is 0 Å². The van der Waals surface area contributed by atoms with Gasteiger partial charge in [0, 0.05) is 0 Å². The Bertz CT molecular complexity index is 468. The van der Waals surface area contributed by atoms with Crippen molar-refractivity contribution in [1.29, 1.82) is 0 Å². The van der Waals surface area contributed by atoms with Crippen LogP contribution in [0.1, 0.15) is 12.5 Å². The van der Waals surface area contributed by atoms with E-state index in [4.69, 9.17) is 4.74 Å². The van der Waals surface area contributed by atoms with E-state index in [1.807, 2.05) is 6.07 Å². The second-order valence-electron chi connectivity index (χ2n) is 3.45. The normalized spacial score (nSPS) is 16.2. The van der Waals surface area contributed by atoms with Crippen molar-refractivity contribution in [3.05, 3.63) is 35.9 Å². The summed E-state index contributed by atoms with van der Waals surface area (Å²) in [6.07, 6.45) is 0. The lowest BCUT2D eigenvalue weighted by molar-refractivity contribution is -0.146. The van der Waals surface area contributed by atoms with Gasteiger partial charge in [-0.3, -0.25) is 4.18 Å². The van der Waals surface area contributed by atoms with Gasteiger partial charge in [-0.25, -0.2) is 9.00 Å². The Morgan fingerprint density at radius 3 is 2.35 bits per heavy atom. The van der Waals surface area contributed by atoms with Gasteiger partial charge in [-0.15, -0.1) is 0 Å². The van der Waals surface area contributed by atoms with Crippen molar-refractivity contribution in [1.82, 2.24) is 0 Å². The second-order valence-corrected chi connectivity index (χ2v) is 4.49. The fourth-order valence-electron chi connectivity index (χ4n) is 1.38. The van der Waals surface area contributed by atoms with Crippen LogP contribution < -0.4 is 0 Å². The smallest absolute Gasteiger partial charge is 0.338 e. The van der Waals surface area contributed by atoms with Crippen LogP contribution >= 0.6 is 0 Å². The van der Waals surface area contributed by atoms with E-state index in [9.17, 15) is 9.00 Å². The molecule has 0 radical (unpaired) electrons. The third kappa shape index (κ3) is 3.04. The number of benzene rings is 1. The standard InChI is InChI=1S/C11H15NO4S/c1-11(10(13)15-2,12-17(14)16-3)9-7-5-4-6-8-9/h4-8,17H,1-3H3/t11-/m1/s1. The van der Waals surface area contributed by atoms with Crippen molar-refractivity contribution >= 4 is 16.8 Å². The van der Waals surface area contributed by atoms with E-state index in [0.29, 0.717) is 5.56 Å². The molecular formula is C11H15NO4S. The average molecular weight is 257 g/mol. The van der Waals surface area contributed by atoms with Crippen LogP contribution in [-0.4, -0.2) is 24.4 Å². The van der Waals surface area contributed by atoms with Crippen LogP contribution in [0.2, 0.25) is 0 Å². The van der Waals surface area contributed by atoms with Crippen LogP contribution in [0.15, 0.2) is 34.7 Å². The molecule has 1 aromatic carbocycles. The maximum absolute atomic E-state index is 11.8. The monoisotopic (exact) mass is 257 g/mol. The third-order valence-electron chi connectivity index (χ3n) is 2.36. The van der Waals surface area contributed by atoms with Gasteiger partial charge < -0.3 is 4.74 Å². The number of ether oxygens (including phenoxy) is 1. The van der Waals surface area contributed by atoms with Gasteiger partial charge in [-0.2, -0.15) is 4.36 Å². The number of rotatable bonds is 4. The molecule has 0 saturated heterocycles. The van der Waals surface area contributed by atoms with Crippen molar-refractivity contribution in [2.24, 2.45) is 4.36 Å². The number of carbonyl (C=O) groups is 1. The fraction of sp³-hybridized carbons (Fsp3) is 0.364. The van der Waals surface area contributed by atoms with Crippen molar-refractivity contribution in [3.8, 4) is 0 Å². The first-order valence-corrected chi connectivity index (χ1v) is 6.05. The minimum atomic E-state index is -2.25. The van der Waals surface area contributed by atoms with Crippen LogP contribution in [0.3, 0.4) is 0 Å². The lowest BCUT2D eigenvalue weighted by atomic mass is 9.93. The van der Waals surface area contributed by atoms with E-state index in [1.54, 1.807) is 31.2 Å². The summed E-state index contributed by atoms with van der Waals surface area (Å²) in [6, 6.07) is 8.80. The van der Waals surface area contributed by atoms with E-state index in [0.717, 1.165) is 0 Å². The van der Waals surface area contributed by atoms with Gasteiger partial charge in [-0.05, 0) is 12.5 Å². The molecule has 17 heavy (non-hydrogen) atoms. The van der Waals surface area contributed by atoms with Crippen molar-refractivity contribution in [2.45, 2.75) is 12.5 Å². The highest BCUT2D eigenvalue weighted by Crippen LogP contribution is 2.27. The molecule has 0 aliphatic heterocycles. The van der Waals surface area contributed by atoms with Crippen molar-refractivity contribution < 1.29 is 17.9 Å². The molecule has 0 bridgehead atoms. The van der Waals surface area contributed by atoms with Crippen molar-refractivity contribution in [2.75, 3.05) is 14.2 Å². The number of nitrogens with zero attached hydrogens (tertiary/aromatic N) is 1. The Balaban J connectivity index is 3.30. The van der Waals surface area contributed by atoms with Gasteiger partial charge in [0.25, 0.3) is 0 Å². The lowest BCUT2D eigenvalue weighted by Gasteiger charge is -2.21. The molecule has 0 heterocycles. The number of hydrogen-bond acceptors (Lipinski definition) is 5. The zero-order valence-corrected chi connectivity index (χ0v) is 10.8. The topological polar surface area (TPSA) is 65.0 Å². The highest BCUT2D eigenvalue weighted by molar-refractivity contribution is 7.69. The lowest BCUT2D eigenvalue weighted by Crippen LogP contribution is -2.32. The fourth-order valence-corrected chi connectivity index (χ4v) is 1.99. The second kappa shape index (κ2) is 5.79. The molecule has 1 aromatic rings. The molecular weight excluding hydrogens is 242 g/mol. The van der Waals surface area contributed by atoms with Crippen LogP contribution in [-0.2, 0) is 30.1 Å². The maximum Gasteiger partial charge on any atom is 0.338 e. The van der Waals surface area contributed by atoms with Gasteiger partial charge in [0.15, 0.2) is 16.4 Å². The predicted molar refractivity (Wildman–Crippen MR) is 64.8 cm³/mol. The van der Waals surface area contributed by atoms with E-state index in [1.165, 1.54) is 14.2 Å². The molecule has 5 nitrogen and oxygen atoms in total. The summed E-state index contributed by atoms with van der Waals surface area (Å²) in [5.41, 5.74) is -0.716. The van der Waals surface area contributed by atoms with E-state index < -0.39 is 22.4 Å². The molecule has 0 aliphatic carbocycles. The van der Waals surface area contributed by atoms with Crippen LogP contribution in [0, 0.1) is 0 Å². The van der Waals surface area contributed by atoms with Gasteiger partial charge >= 0.3 is 5.97 Å². The largest absolute Gasteiger partial charge is 0.467 e. The minimum absolute atomic E-state index is 0.580. The average Bonchev–Trinajstić information content (AvgIpc) is 2.38. The summed E-state index contributed by atoms with van der Waals surface area (Å²) in [5, 5.41) is 0. The number of thiol groups is 1. The molecule has 0 saturated carbocycles. The Morgan fingerprint density at radius 1 is 1.29 bits per heavy atom. The van der Waals surface area contributed by atoms with Gasteiger partial charge in [0.1, 0.15) is 0 Å². The molecule has 0 spiro atoms. The Hall–Kier alpha value is -1.40. The number of esters is 1. The Morgan fingerprint density at radius 2 is 1.88 bits per heavy atom. The van der Waals surface area contributed by atoms with Gasteiger partial charge in [0.2, 0.25) is 0 Å². The molecule has 94 valence electrons. The molecule has 0 fully saturated rings. The Labute approximate surface area is 102 Å². The molecule has 1 unspecified atom stereocenters. The highest BCUT2D eigenvalue weighted by atomic mass is 32.2. The van der Waals surface area contributed by atoms with Crippen molar-refractivity contribution in [3.63, 3.8) is 0 Å². The summed E-state index contributed by atoms with van der Waals surface area (Å²) in [6.45, 7) is 1.54. The molecule has 0 aromatic heterocycles. The van der Waals surface area contributed by atoms with Crippen LogP contribution in [0.4, 0.5) is 0 Å². The Kier molecular flexibility index (Phi) is 4.65. The van der Waals surface area contributed by atoms with E-state index in [2.05, 4.69) is 8.55 Å². The van der Waals surface area contributed by atoms with Gasteiger partial charge in [-0.1, -0.05) is 30.3 Å². The minimum Gasteiger partial charge on any atom is -0.467 e. The number of hydrogen-bond donors (Lipinski definition) is 1. The SMILES string of the molecule is COC(=O)[C@](C)(N=[SH](=O)OC)c1ccccc1. The summed E-state index contributed by atoms with van der Waals surface area (Å²) < 4.78 is 24.5. The first-order valence-electron chi connectivity index (χ1n) is 4.92. The highest BCUT2D eigenvalue weighted by Gasteiger charge is 2.36. The third-order valence-corrected chi connectivity index (χ3v) is 3.23. The van der Waals surface area contributed by atoms with E-state index >= 15 is 0 Å². The zero-order valence-electron chi connectivity index (χ0n) is 9.91. The number of carbonyl (C=O) groups excluding carboxylic acids is 1. The molecule has 2 atom stereocenters. The summed E-state index contributed by atoms with van der Waals surface area (Å²) in [5.74, 6) is -0.580. The summed E-state index contributed by atoms with van der Waals surface area (Å²) >= 11 is 0. The summed E-state index contributed by atoms with van der Waals surface area (Å²) in [7, 11) is 0.278. The molecule has 0 N–H and O–H groups in total. The van der Waals surface area contributed by atoms with Gasteiger partial charge in [0.05, 0.1) is 14.2 Å². The molecule has 1 rings (SSSR count). The predicted octanol–water partition coefficient (Wildman–Crippen LogP) is 1.30. The molecule has 0 aliphatic rings.